The highest BCUT2D eigenvalue weighted by Gasteiger charge is 2.61. The topological polar surface area (TPSA) is 82.5 Å². The number of hydrogen-bond acceptors (Lipinski definition) is 5. The van der Waals surface area contributed by atoms with E-state index in [9.17, 15) is 14.0 Å². The summed E-state index contributed by atoms with van der Waals surface area (Å²) in [5, 5.41) is 0.0199. The normalized spacial score (nSPS) is 26.8. The van der Waals surface area contributed by atoms with Crippen LogP contribution in [0.3, 0.4) is 0 Å². The summed E-state index contributed by atoms with van der Waals surface area (Å²) in [4.78, 5) is 26.2. The summed E-state index contributed by atoms with van der Waals surface area (Å²) in [5.74, 6) is -0.758. The van der Waals surface area contributed by atoms with E-state index in [0.717, 1.165) is 23.6 Å². The van der Waals surface area contributed by atoms with Gasteiger partial charge in [0.25, 0.3) is 5.56 Å². The van der Waals surface area contributed by atoms with Gasteiger partial charge < -0.3 is 13.6 Å². The number of aromatic amines is 1. The van der Waals surface area contributed by atoms with Gasteiger partial charge in [-0.2, -0.15) is 4.39 Å². The lowest BCUT2D eigenvalue weighted by molar-refractivity contribution is -0.136. The molecule has 1 N–H and O–H groups in total. The van der Waals surface area contributed by atoms with Crippen LogP contribution in [0, 0.1) is 11.7 Å². The van der Waals surface area contributed by atoms with Crippen molar-refractivity contribution in [3.63, 3.8) is 0 Å². The first-order valence-electron chi connectivity index (χ1n) is 12.3. The summed E-state index contributed by atoms with van der Waals surface area (Å²) in [7, 11) is -4.29. The molecule has 0 spiro atoms. The first kappa shape index (κ1) is 27.5. The molecule has 194 valence electrons. The lowest BCUT2D eigenvalue weighted by Crippen LogP contribution is -2.56. The van der Waals surface area contributed by atoms with Gasteiger partial charge in [-0.1, -0.05) is 41.5 Å². The second-order valence-electron chi connectivity index (χ2n) is 13.1. The fourth-order valence-corrected chi connectivity index (χ4v) is 6.35. The van der Waals surface area contributed by atoms with Crippen LogP contribution in [-0.4, -0.2) is 44.5 Å². The third-order valence-corrected chi connectivity index (χ3v) is 17.5. The van der Waals surface area contributed by atoms with Crippen molar-refractivity contribution in [3.8, 4) is 0 Å². The number of nitrogens with zero attached hydrogens (tertiary/aromatic N) is 1. The lowest BCUT2D eigenvalue weighted by atomic mass is 9.92. The van der Waals surface area contributed by atoms with Gasteiger partial charge in [0.2, 0.25) is 5.82 Å². The molecule has 1 aromatic heterocycles. The van der Waals surface area contributed by atoms with Crippen molar-refractivity contribution >= 4 is 16.6 Å². The average molecular weight is 515 g/mol. The predicted molar refractivity (Wildman–Crippen MR) is 137 cm³/mol. The molecular formula is C24H43FN2O5Si2. The van der Waals surface area contributed by atoms with Crippen LogP contribution in [-0.2, 0) is 13.6 Å². The summed E-state index contributed by atoms with van der Waals surface area (Å²) in [6, 6.07) is 0. The summed E-state index contributed by atoms with van der Waals surface area (Å²) in [5.41, 5.74) is -2.43. The van der Waals surface area contributed by atoms with Gasteiger partial charge in [0, 0.05) is 6.42 Å². The summed E-state index contributed by atoms with van der Waals surface area (Å²) in [6.07, 6.45) is 2.32. The van der Waals surface area contributed by atoms with E-state index in [1.807, 2.05) is 0 Å². The van der Waals surface area contributed by atoms with Crippen LogP contribution in [0.4, 0.5) is 4.39 Å². The third kappa shape index (κ3) is 5.21. The van der Waals surface area contributed by atoms with Crippen LogP contribution in [0.25, 0.3) is 0 Å². The van der Waals surface area contributed by atoms with Crippen LogP contribution in [0.1, 0.15) is 67.0 Å². The summed E-state index contributed by atoms with van der Waals surface area (Å²) < 4.78 is 35.6. The summed E-state index contributed by atoms with van der Waals surface area (Å²) >= 11 is 0. The van der Waals surface area contributed by atoms with E-state index < -0.39 is 45.5 Å². The third-order valence-electron chi connectivity index (χ3n) is 8.53. The van der Waals surface area contributed by atoms with Gasteiger partial charge in [-0.25, -0.2) is 4.79 Å². The van der Waals surface area contributed by atoms with Crippen LogP contribution in [0.15, 0.2) is 15.8 Å². The van der Waals surface area contributed by atoms with E-state index in [-0.39, 0.29) is 22.1 Å². The molecule has 1 unspecified atom stereocenters. The molecular weight excluding hydrogens is 471 g/mol. The van der Waals surface area contributed by atoms with Crippen molar-refractivity contribution in [1.82, 2.24) is 9.55 Å². The van der Waals surface area contributed by atoms with Crippen LogP contribution in [0.5, 0.6) is 0 Å². The monoisotopic (exact) mass is 514 g/mol. The number of halogens is 1. The van der Waals surface area contributed by atoms with Gasteiger partial charge in [-0.15, -0.1) is 0 Å². The molecule has 0 bridgehead atoms. The van der Waals surface area contributed by atoms with Gasteiger partial charge >= 0.3 is 5.69 Å². The van der Waals surface area contributed by atoms with E-state index in [2.05, 4.69) is 72.7 Å². The summed E-state index contributed by atoms with van der Waals surface area (Å²) in [6.45, 7) is 22.4. The minimum Gasteiger partial charge on any atom is -0.414 e. The molecule has 1 aliphatic heterocycles. The maximum atomic E-state index is 14.1. The fraction of sp³-hybridized carbons (Fsp3) is 0.833. The SMILES string of the molecule is CC(C)(C)[Si](C)(C)OC[C@@]1(C2CC2)O[C@@H](n2cc(F)c(=O)[nH]c2=O)CC1O[Si](C)(C)C(C)(C)C. The number of hydrogen-bond donors (Lipinski definition) is 1. The zero-order valence-corrected chi connectivity index (χ0v) is 24.5. The Bertz CT molecular complexity index is 1020. The standard InChI is InChI=1S/C24H43FN2O5Si2/c1-22(2,3)33(7,8)30-15-24(16-11-12-16)18(32-34(9,10)23(4,5)6)13-19(31-24)27-14-17(25)20(28)26-21(27)29/h14,16,18-19H,11-13,15H2,1-10H3,(H,26,28,29)/t18?,19-,24+/m1/s1. The molecule has 0 amide bonds. The van der Waals surface area contributed by atoms with Crippen LogP contribution < -0.4 is 11.2 Å². The van der Waals surface area contributed by atoms with E-state index in [4.69, 9.17) is 13.6 Å². The van der Waals surface area contributed by atoms with E-state index in [1.165, 1.54) is 0 Å². The number of nitrogens with one attached hydrogen (secondary N) is 1. The molecule has 2 fully saturated rings. The minimum absolute atomic E-state index is 0.0123. The first-order chi connectivity index (χ1) is 15.3. The Morgan fingerprint density at radius 3 is 2.15 bits per heavy atom. The zero-order chi connectivity index (χ0) is 25.9. The van der Waals surface area contributed by atoms with Crippen molar-refractivity contribution in [2.75, 3.05) is 6.61 Å². The molecule has 1 saturated carbocycles. The molecule has 10 heteroatoms. The molecule has 1 aliphatic carbocycles. The Morgan fingerprint density at radius 2 is 1.65 bits per heavy atom. The van der Waals surface area contributed by atoms with E-state index in [1.54, 1.807) is 0 Å². The molecule has 7 nitrogen and oxygen atoms in total. The maximum Gasteiger partial charge on any atom is 0.330 e. The zero-order valence-electron chi connectivity index (χ0n) is 22.5. The Balaban J connectivity index is 2.03. The van der Waals surface area contributed by atoms with Gasteiger partial charge in [-0.3, -0.25) is 14.3 Å². The Morgan fingerprint density at radius 1 is 1.09 bits per heavy atom. The van der Waals surface area contributed by atoms with Crippen molar-refractivity contribution in [2.45, 2.75) is 115 Å². The fourth-order valence-electron chi connectivity index (χ4n) is 3.97. The number of aromatic nitrogens is 2. The molecule has 3 rings (SSSR count). The largest absolute Gasteiger partial charge is 0.414 e. The molecule has 2 heterocycles. The quantitative estimate of drug-likeness (QED) is 0.509. The predicted octanol–water partition coefficient (Wildman–Crippen LogP) is 5.16. The second-order valence-corrected chi connectivity index (χ2v) is 22.7. The van der Waals surface area contributed by atoms with Crippen molar-refractivity contribution in [2.24, 2.45) is 5.92 Å². The highest BCUT2D eigenvalue weighted by molar-refractivity contribution is 6.74. The van der Waals surface area contributed by atoms with Gasteiger partial charge in [0.05, 0.1) is 18.9 Å². The van der Waals surface area contributed by atoms with Crippen molar-refractivity contribution in [3.05, 3.63) is 32.9 Å². The van der Waals surface area contributed by atoms with Gasteiger partial charge in [-0.05, 0) is 55.0 Å². The Hall–Kier alpha value is -1.08. The van der Waals surface area contributed by atoms with E-state index >= 15 is 0 Å². The van der Waals surface area contributed by atoms with Crippen LogP contribution in [0.2, 0.25) is 36.3 Å². The Labute approximate surface area is 204 Å². The minimum atomic E-state index is -2.20. The number of ether oxygens (including phenoxy) is 1. The van der Waals surface area contributed by atoms with Crippen molar-refractivity contribution < 1.29 is 18.0 Å². The molecule has 1 aromatic rings. The number of rotatable bonds is 7. The van der Waals surface area contributed by atoms with Gasteiger partial charge in [0.1, 0.15) is 11.8 Å². The number of H-pyrrole nitrogens is 1. The molecule has 3 atom stereocenters. The highest BCUT2D eigenvalue weighted by Crippen LogP contribution is 2.54. The molecule has 1 saturated heterocycles. The second kappa shape index (κ2) is 8.79. The molecule has 0 aromatic carbocycles. The lowest BCUT2D eigenvalue weighted by Gasteiger charge is -2.45. The van der Waals surface area contributed by atoms with Gasteiger partial charge in [0.15, 0.2) is 16.6 Å². The molecule has 2 aliphatic rings. The average Bonchev–Trinajstić information content (AvgIpc) is 3.45. The van der Waals surface area contributed by atoms with Crippen LogP contribution >= 0.6 is 0 Å². The first-order valence-corrected chi connectivity index (χ1v) is 18.1. The smallest absolute Gasteiger partial charge is 0.330 e. The maximum absolute atomic E-state index is 14.1. The molecule has 34 heavy (non-hydrogen) atoms. The molecule has 0 radical (unpaired) electrons. The van der Waals surface area contributed by atoms with Crippen molar-refractivity contribution in [1.29, 1.82) is 0 Å². The Kier molecular flexibility index (Phi) is 7.11. The highest BCUT2D eigenvalue weighted by atomic mass is 28.4. The van der Waals surface area contributed by atoms with E-state index in [0.29, 0.717) is 13.0 Å².